The van der Waals surface area contributed by atoms with Gasteiger partial charge in [0.1, 0.15) is 0 Å². The molecule has 4 heteroatoms. The number of benzene rings is 1. The van der Waals surface area contributed by atoms with Gasteiger partial charge in [0.15, 0.2) is 0 Å². The van der Waals surface area contributed by atoms with E-state index in [2.05, 4.69) is 33.0 Å². The van der Waals surface area contributed by atoms with Crippen LogP contribution in [-0.2, 0) is 6.54 Å². The molecule has 1 aromatic rings. The third kappa shape index (κ3) is 3.66. The zero-order chi connectivity index (χ0) is 11.4. The van der Waals surface area contributed by atoms with E-state index in [4.69, 9.17) is 11.6 Å². The van der Waals surface area contributed by atoms with Gasteiger partial charge in [-0.15, -0.1) is 0 Å². The number of halogens is 2. The summed E-state index contributed by atoms with van der Waals surface area (Å²) in [6.07, 6.45) is 1.36. The topological polar surface area (TPSA) is 12.0 Å². The van der Waals surface area contributed by atoms with E-state index in [0.29, 0.717) is 0 Å². The van der Waals surface area contributed by atoms with Crippen LogP contribution in [0, 0.1) is 5.92 Å². The molecule has 0 radical (unpaired) electrons. The highest BCUT2D eigenvalue weighted by Crippen LogP contribution is 2.23. The Morgan fingerprint density at radius 3 is 3.12 bits per heavy atom. The van der Waals surface area contributed by atoms with Crippen molar-refractivity contribution in [1.82, 2.24) is 5.32 Å². The molecule has 1 fully saturated rings. The van der Waals surface area contributed by atoms with E-state index in [9.17, 15) is 0 Å². The van der Waals surface area contributed by atoms with E-state index < -0.39 is 0 Å². The zero-order valence-corrected chi connectivity index (χ0v) is 12.2. The summed E-state index contributed by atoms with van der Waals surface area (Å²) in [7, 11) is 0. The molecule has 1 unspecified atom stereocenters. The average Bonchev–Trinajstić information content (AvgIpc) is 2.76. The molecule has 0 bridgehead atoms. The van der Waals surface area contributed by atoms with E-state index in [1.165, 1.54) is 23.5 Å². The van der Waals surface area contributed by atoms with Gasteiger partial charge >= 0.3 is 0 Å². The SMILES string of the molecule is Clc1ccc(Br)c(CNCC2CCSC2)c1. The molecule has 0 aliphatic carbocycles. The summed E-state index contributed by atoms with van der Waals surface area (Å²) in [5.74, 6) is 3.49. The van der Waals surface area contributed by atoms with E-state index in [1.54, 1.807) is 0 Å². The number of hydrogen-bond donors (Lipinski definition) is 1. The highest BCUT2D eigenvalue weighted by Gasteiger charge is 2.14. The van der Waals surface area contributed by atoms with E-state index in [-0.39, 0.29) is 0 Å². The Balaban J connectivity index is 1.82. The molecule has 1 atom stereocenters. The van der Waals surface area contributed by atoms with Gasteiger partial charge in [-0.1, -0.05) is 27.5 Å². The Morgan fingerprint density at radius 1 is 1.50 bits per heavy atom. The Kier molecular flexibility index (Phi) is 5.01. The lowest BCUT2D eigenvalue weighted by Gasteiger charge is -2.11. The van der Waals surface area contributed by atoms with Gasteiger partial charge in [0.25, 0.3) is 0 Å². The molecule has 16 heavy (non-hydrogen) atoms. The Bertz CT molecular complexity index is 353. The maximum Gasteiger partial charge on any atom is 0.0410 e. The minimum atomic E-state index is 0.802. The lowest BCUT2D eigenvalue weighted by Crippen LogP contribution is -2.22. The van der Waals surface area contributed by atoms with E-state index >= 15 is 0 Å². The fourth-order valence-corrected chi connectivity index (χ4v) is 3.70. The molecule has 0 spiro atoms. The maximum atomic E-state index is 5.97. The summed E-state index contributed by atoms with van der Waals surface area (Å²) < 4.78 is 1.13. The van der Waals surface area contributed by atoms with Gasteiger partial charge in [-0.25, -0.2) is 0 Å². The second kappa shape index (κ2) is 6.29. The van der Waals surface area contributed by atoms with Gasteiger partial charge in [0.2, 0.25) is 0 Å². The first-order valence-corrected chi connectivity index (χ1v) is 7.80. The lowest BCUT2D eigenvalue weighted by molar-refractivity contribution is 0.523. The summed E-state index contributed by atoms with van der Waals surface area (Å²) in [5, 5.41) is 4.31. The van der Waals surface area contributed by atoms with Crippen LogP contribution in [0.2, 0.25) is 5.02 Å². The van der Waals surface area contributed by atoms with Crippen molar-refractivity contribution in [3.63, 3.8) is 0 Å². The molecule has 1 N–H and O–H groups in total. The molecule has 1 aliphatic heterocycles. The van der Waals surface area contributed by atoms with Crippen LogP contribution in [0.4, 0.5) is 0 Å². The fourth-order valence-electron chi connectivity index (χ4n) is 1.83. The quantitative estimate of drug-likeness (QED) is 0.901. The van der Waals surface area contributed by atoms with Crippen molar-refractivity contribution in [2.45, 2.75) is 13.0 Å². The Morgan fingerprint density at radius 2 is 2.38 bits per heavy atom. The standard InChI is InChI=1S/C12H15BrClNS/c13-12-2-1-11(14)5-10(12)7-15-6-9-3-4-16-8-9/h1-2,5,9,15H,3-4,6-8H2. The molecule has 0 saturated carbocycles. The summed E-state index contributed by atoms with van der Waals surface area (Å²) in [6, 6.07) is 5.93. The highest BCUT2D eigenvalue weighted by atomic mass is 79.9. The smallest absolute Gasteiger partial charge is 0.0410 e. The summed E-state index contributed by atoms with van der Waals surface area (Å²) in [6.45, 7) is 2.01. The number of hydrogen-bond acceptors (Lipinski definition) is 2. The lowest BCUT2D eigenvalue weighted by atomic mass is 10.1. The van der Waals surface area contributed by atoms with E-state index in [0.717, 1.165) is 28.5 Å². The minimum Gasteiger partial charge on any atom is -0.312 e. The number of rotatable bonds is 4. The predicted octanol–water partition coefficient (Wildman–Crippen LogP) is 3.95. The molecule has 0 aromatic heterocycles. The molecular weight excluding hydrogens is 306 g/mol. The van der Waals surface area contributed by atoms with Crippen LogP contribution in [-0.4, -0.2) is 18.1 Å². The van der Waals surface area contributed by atoms with Crippen molar-refractivity contribution in [3.8, 4) is 0 Å². The van der Waals surface area contributed by atoms with Gasteiger partial charge < -0.3 is 5.32 Å². The van der Waals surface area contributed by atoms with Crippen molar-refractivity contribution in [2.24, 2.45) is 5.92 Å². The largest absolute Gasteiger partial charge is 0.312 e. The van der Waals surface area contributed by atoms with Crippen molar-refractivity contribution >= 4 is 39.3 Å². The molecule has 1 heterocycles. The number of nitrogens with one attached hydrogen (secondary N) is 1. The molecule has 88 valence electrons. The van der Waals surface area contributed by atoms with Crippen molar-refractivity contribution < 1.29 is 0 Å². The van der Waals surface area contributed by atoms with Crippen LogP contribution in [0.1, 0.15) is 12.0 Å². The van der Waals surface area contributed by atoms with Crippen molar-refractivity contribution in [3.05, 3.63) is 33.3 Å². The molecule has 1 saturated heterocycles. The normalized spacial score (nSPS) is 20.2. The third-order valence-electron chi connectivity index (χ3n) is 2.78. The highest BCUT2D eigenvalue weighted by molar-refractivity contribution is 9.10. The first kappa shape index (κ1) is 12.7. The zero-order valence-electron chi connectivity index (χ0n) is 9.01. The molecule has 1 aromatic carbocycles. The summed E-state index contributed by atoms with van der Waals surface area (Å²) >= 11 is 11.6. The van der Waals surface area contributed by atoms with Gasteiger partial charge in [0, 0.05) is 16.0 Å². The first-order chi connectivity index (χ1) is 7.75. The van der Waals surface area contributed by atoms with Crippen LogP contribution >= 0.6 is 39.3 Å². The molecule has 1 aliphatic rings. The minimum absolute atomic E-state index is 0.802. The van der Waals surface area contributed by atoms with Crippen LogP contribution in [0.5, 0.6) is 0 Å². The van der Waals surface area contributed by atoms with E-state index in [1.807, 2.05) is 18.2 Å². The van der Waals surface area contributed by atoms with Crippen molar-refractivity contribution in [2.75, 3.05) is 18.1 Å². The van der Waals surface area contributed by atoms with Gasteiger partial charge in [-0.2, -0.15) is 11.8 Å². The Labute approximate surface area is 114 Å². The monoisotopic (exact) mass is 319 g/mol. The third-order valence-corrected chi connectivity index (χ3v) is 5.02. The second-order valence-corrected chi connectivity index (χ2v) is 6.54. The second-order valence-electron chi connectivity index (χ2n) is 4.10. The van der Waals surface area contributed by atoms with Crippen LogP contribution in [0.25, 0.3) is 0 Å². The molecule has 0 amide bonds. The van der Waals surface area contributed by atoms with Crippen LogP contribution in [0.3, 0.4) is 0 Å². The maximum absolute atomic E-state index is 5.97. The molecular formula is C12H15BrClNS. The van der Waals surface area contributed by atoms with Crippen molar-refractivity contribution in [1.29, 1.82) is 0 Å². The average molecular weight is 321 g/mol. The fraction of sp³-hybridized carbons (Fsp3) is 0.500. The Hall–Kier alpha value is 0.300. The van der Waals surface area contributed by atoms with Gasteiger partial charge in [0.05, 0.1) is 0 Å². The molecule has 1 nitrogen and oxygen atoms in total. The summed E-state index contributed by atoms with van der Waals surface area (Å²) in [5.41, 5.74) is 1.23. The first-order valence-electron chi connectivity index (χ1n) is 5.48. The summed E-state index contributed by atoms with van der Waals surface area (Å²) in [4.78, 5) is 0. The van der Waals surface area contributed by atoms with Gasteiger partial charge in [-0.3, -0.25) is 0 Å². The van der Waals surface area contributed by atoms with Crippen LogP contribution in [0.15, 0.2) is 22.7 Å². The molecule has 2 rings (SSSR count). The number of thioether (sulfide) groups is 1. The van der Waals surface area contributed by atoms with Crippen LogP contribution < -0.4 is 5.32 Å². The predicted molar refractivity (Wildman–Crippen MR) is 76.3 cm³/mol. The van der Waals surface area contributed by atoms with Gasteiger partial charge in [-0.05, 0) is 54.2 Å².